The Morgan fingerprint density at radius 3 is 2.48 bits per heavy atom. The van der Waals surface area contributed by atoms with Gasteiger partial charge in [-0.25, -0.2) is 0 Å². The minimum absolute atomic E-state index is 0.0286. The Balaban J connectivity index is 1.75. The molecule has 31 heavy (non-hydrogen) atoms. The van der Waals surface area contributed by atoms with Crippen molar-refractivity contribution in [1.82, 2.24) is 14.7 Å². The van der Waals surface area contributed by atoms with Gasteiger partial charge in [-0.2, -0.15) is 18.3 Å². The Morgan fingerprint density at radius 1 is 1.23 bits per heavy atom. The van der Waals surface area contributed by atoms with Crippen molar-refractivity contribution >= 4 is 34.8 Å². The molecule has 1 aliphatic heterocycles. The zero-order valence-electron chi connectivity index (χ0n) is 17.5. The van der Waals surface area contributed by atoms with Crippen molar-refractivity contribution in [1.29, 1.82) is 0 Å². The second-order valence-corrected chi connectivity index (χ2v) is 8.40. The highest BCUT2D eigenvalue weighted by Crippen LogP contribution is 2.35. The lowest BCUT2D eigenvalue weighted by atomic mass is 10.1. The summed E-state index contributed by atoms with van der Waals surface area (Å²) >= 11 is 11.9. The molecule has 0 unspecified atom stereocenters. The fraction of sp³-hybridized carbons (Fsp3) is 0.500. The van der Waals surface area contributed by atoms with Crippen LogP contribution in [0.15, 0.2) is 18.2 Å². The first kappa shape index (κ1) is 23.5. The quantitative estimate of drug-likeness (QED) is 0.641. The van der Waals surface area contributed by atoms with Crippen LogP contribution in [-0.2, 0) is 17.5 Å². The van der Waals surface area contributed by atoms with Gasteiger partial charge in [0.15, 0.2) is 5.69 Å². The zero-order valence-corrected chi connectivity index (χ0v) is 19.0. The molecule has 3 rings (SSSR count). The van der Waals surface area contributed by atoms with Crippen LogP contribution >= 0.6 is 23.2 Å². The van der Waals surface area contributed by atoms with Crippen LogP contribution in [0.5, 0.6) is 5.75 Å². The number of nitrogens with zero attached hydrogens (tertiary/aromatic N) is 4. The highest BCUT2D eigenvalue weighted by atomic mass is 35.5. The van der Waals surface area contributed by atoms with Crippen molar-refractivity contribution in [3.05, 3.63) is 39.6 Å². The average molecular weight is 479 g/mol. The molecule has 1 aliphatic rings. The van der Waals surface area contributed by atoms with Crippen LogP contribution in [-0.4, -0.2) is 52.9 Å². The molecule has 1 fully saturated rings. The Hall–Kier alpha value is -2.13. The summed E-state index contributed by atoms with van der Waals surface area (Å²) in [6.45, 7) is 5.93. The summed E-state index contributed by atoms with van der Waals surface area (Å²) in [4.78, 5) is 16.7. The minimum Gasteiger partial charge on any atom is -0.495 e. The zero-order chi connectivity index (χ0) is 23.1. The second-order valence-electron chi connectivity index (χ2n) is 7.62. The topological polar surface area (TPSA) is 50.6 Å². The van der Waals surface area contributed by atoms with Crippen LogP contribution in [0.3, 0.4) is 0 Å². The van der Waals surface area contributed by atoms with Crippen molar-refractivity contribution in [2.75, 3.05) is 25.1 Å². The van der Waals surface area contributed by atoms with Crippen molar-refractivity contribution < 1.29 is 22.7 Å². The SMILES string of the molecule is COc1cc(N2C[C@@H](C)N(C(=O)Cn3nc(C(F)(F)F)c(Cl)c3C)C[C@@H]2C)ccc1Cl. The Bertz CT molecular complexity index is 980. The highest BCUT2D eigenvalue weighted by molar-refractivity contribution is 6.32. The molecule has 0 N–H and O–H groups in total. The molecule has 0 aliphatic carbocycles. The lowest BCUT2D eigenvalue weighted by Gasteiger charge is -2.45. The number of halogens is 5. The van der Waals surface area contributed by atoms with Gasteiger partial charge >= 0.3 is 6.18 Å². The number of amides is 1. The van der Waals surface area contributed by atoms with E-state index in [1.165, 1.54) is 6.92 Å². The molecule has 6 nitrogen and oxygen atoms in total. The lowest BCUT2D eigenvalue weighted by Crippen LogP contribution is -2.58. The van der Waals surface area contributed by atoms with Crippen LogP contribution in [0.2, 0.25) is 10.0 Å². The van der Waals surface area contributed by atoms with Crippen LogP contribution in [0, 0.1) is 6.92 Å². The standard InChI is InChI=1S/C20H23Cl2F3N4O2/c1-11-9-28(12(2)8-27(11)14-5-6-15(21)16(7-14)31-4)17(30)10-29-13(3)18(22)19(26-29)20(23,24)25/h5-7,11-12H,8-10H2,1-4H3/t11-,12+/m0/s1. The number of methoxy groups -OCH3 is 1. The maximum atomic E-state index is 13.1. The first-order valence-corrected chi connectivity index (χ1v) is 10.4. The van der Waals surface area contributed by atoms with Crippen LogP contribution in [0.25, 0.3) is 0 Å². The van der Waals surface area contributed by atoms with E-state index in [-0.39, 0.29) is 30.2 Å². The Kier molecular flexibility index (Phi) is 6.67. The summed E-state index contributed by atoms with van der Waals surface area (Å²) < 4.78 is 45.5. The molecule has 0 radical (unpaired) electrons. The number of hydrogen-bond acceptors (Lipinski definition) is 4. The van der Waals surface area contributed by atoms with Gasteiger partial charge in [0.05, 0.1) is 22.8 Å². The van der Waals surface area contributed by atoms with Gasteiger partial charge < -0.3 is 14.5 Å². The summed E-state index contributed by atoms with van der Waals surface area (Å²) in [7, 11) is 1.54. The highest BCUT2D eigenvalue weighted by Gasteiger charge is 2.39. The number of ether oxygens (including phenoxy) is 1. The van der Waals surface area contributed by atoms with Crippen molar-refractivity contribution in [2.24, 2.45) is 0 Å². The maximum absolute atomic E-state index is 13.1. The predicted molar refractivity (Wildman–Crippen MR) is 113 cm³/mol. The molecule has 1 saturated heterocycles. The van der Waals surface area contributed by atoms with E-state index in [1.807, 2.05) is 26.0 Å². The number of benzene rings is 1. The first-order chi connectivity index (χ1) is 14.4. The first-order valence-electron chi connectivity index (χ1n) is 9.63. The molecule has 0 spiro atoms. The van der Waals surface area contributed by atoms with E-state index in [2.05, 4.69) is 10.00 Å². The van der Waals surface area contributed by atoms with Crippen molar-refractivity contribution in [3.63, 3.8) is 0 Å². The molecule has 2 atom stereocenters. The molecule has 1 aromatic carbocycles. The predicted octanol–water partition coefficient (Wildman–Crippen LogP) is 4.65. The molecule has 0 saturated carbocycles. The molecule has 170 valence electrons. The normalized spacial score (nSPS) is 19.6. The molecule has 1 amide bonds. The van der Waals surface area contributed by atoms with E-state index in [1.54, 1.807) is 18.1 Å². The Labute approximate surface area is 188 Å². The fourth-order valence-corrected chi connectivity index (χ4v) is 4.18. The van der Waals surface area contributed by atoms with E-state index in [4.69, 9.17) is 27.9 Å². The molecule has 2 heterocycles. The summed E-state index contributed by atoms with van der Waals surface area (Å²) in [6.07, 6.45) is -4.68. The van der Waals surface area contributed by atoms with Crippen LogP contribution in [0.4, 0.5) is 18.9 Å². The van der Waals surface area contributed by atoms with Gasteiger partial charge in [0, 0.05) is 36.9 Å². The monoisotopic (exact) mass is 478 g/mol. The number of aromatic nitrogens is 2. The number of carbonyl (C=O) groups is 1. The minimum atomic E-state index is -4.68. The maximum Gasteiger partial charge on any atom is 0.436 e. The summed E-state index contributed by atoms with van der Waals surface area (Å²) in [5.74, 6) is 0.243. The Morgan fingerprint density at radius 2 is 1.90 bits per heavy atom. The number of hydrogen-bond donors (Lipinski definition) is 0. The van der Waals surface area contributed by atoms with Gasteiger partial charge in [0.25, 0.3) is 0 Å². The van der Waals surface area contributed by atoms with Gasteiger partial charge in [-0.15, -0.1) is 0 Å². The molecule has 1 aromatic heterocycles. The van der Waals surface area contributed by atoms with E-state index in [0.717, 1.165) is 10.4 Å². The molecular formula is C20H23Cl2F3N4O2. The van der Waals surface area contributed by atoms with E-state index >= 15 is 0 Å². The number of anilines is 1. The van der Waals surface area contributed by atoms with Gasteiger partial charge in [0.2, 0.25) is 5.91 Å². The summed E-state index contributed by atoms with van der Waals surface area (Å²) in [6, 6.07) is 5.29. The van der Waals surface area contributed by atoms with Crippen molar-refractivity contribution in [3.8, 4) is 5.75 Å². The number of piperazine rings is 1. The smallest absolute Gasteiger partial charge is 0.436 e. The third-order valence-corrected chi connectivity index (χ3v) is 6.22. The second kappa shape index (κ2) is 8.78. The van der Waals surface area contributed by atoms with Gasteiger partial charge in [-0.1, -0.05) is 23.2 Å². The fourth-order valence-electron chi connectivity index (χ4n) is 3.74. The van der Waals surface area contributed by atoms with E-state index in [0.29, 0.717) is 23.9 Å². The summed E-state index contributed by atoms with van der Waals surface area (Å²) in [5.41, 5.74) is -0.158. The largest absolute Gasteiger partial charge is 0.495 e. The van der Waals surface area contributed by atoms with Gasteiger partial charge in [-0.3, -0.25) is 9.48 Å². The number of carbonyl (C=O) groups excluding carboxylic acids is 1. The third kappa shape index (κ3) is 4.72. The molecule has 11 heteroatoms. The third-order valence-electron chi connectivity index (χ3n) is 5.46. The lowest BCUT2D eigenvalue weighted by molar-refractivity contribution is -0.142. The number of alkyl halides is 3. The molecule has 0 bridgehead atoms. The van der Waals surface area contributed by atoms with Gasteiger partial charge in [-0.05, 0) is 32.9 Å². The van der Waals surface area contributed by atoms with Gasteiger partial charge in [0.1, 0.15) is 12.3 Å². The van der Waals surface area contributed by atoms with Crippen LogP contribution in [0.1, 0.15) is 25.2 Å². The van der Waals surface area contributed by atoms with E-state index < -0.39 is 16.9 Å². The summed E-state index contributed by atoms with van der Waals surface area (Å²) in [5, 5.41) is 3.55. The number of rotatable bonds is 4. The molecular weight excluding hydrogens is 456 g/mol. The van der Waals surface area contributed by atoms with E-state index in [9.17, 15) is 18.0 Å². The molecule has 2 aromatic rings. The van der Waals surface area contributed by atoms with Crippen molar-refractivity contribution in [2.45, 2.75) is 45.6 Å². The van der Waals surface area contributed by atoms with Crippen LogP contribution < -0.4 is 9.64 Å². The average Bonchev–Trinajstić information content (AvgIpc) is 2.98.